The number of carbonyl (C=O) groups excluding carboxylic acids is 1. The van der Waals surface area contributed by atoms with E-state index >= 15 is 0 Å². The number of carbonyl (C=O) groups is 1. The minimum Gasteiger partial charge on any atom is -0.398 e. The van der Waals surface area contributed by atoms with E-state index in [9.17, 15) is 4.79 Å². The third-order valence-electron chi connectivity index (χ3n) is 4.07. The zero-order chi connectivity index (χ0) is 19.2. The van der Waals surface area contributed by atoms with E-state index in [-0.39, 0.29) is 24.3 Å². The molecule has 0 atom stereocenters. The molecule has 27 heavy (non-hydrogen) atoms. The number of oxime groups is 2. The van der Waals surface area contributed by atoms with Gasteiger partial charge in [-0.15, -0.1) is 0 Å². The van der Waals surface area contributed by atoms with Crippen LogP contribution < -0.4 is 15.6 Å². The summed E-state index contributed by atoms with van der Waals surface area (Å²) in [5, 5.41) is 11.1. The summed E-state index contributed by atoms with van der Waals surface area (Å²) in [5.74, 6) is -0.244. The fraction of sp³-hybridized carbons (Fsp3) is 0.389. The summed E-state index contributed by atoms with van der Waals surface area (Å²) in [5.41, 5.74) is 6.48. The maximum Gasteiger partial charge on any atom is 0.274 e. The van der Waals surface area contributed by atoms with Crippen molar-refractivity contribution < 1.29 is 14.5 Å². The van der Waals surface area contributed by atoms with Crippen LogP contribution in [0.15, 0.2) is 45.2 Å². The quantitative estimate of drug-likeness (QED) is 0.358. The average molecular weight is 389 g/mol. The Labute approximate surface area is 162 Å². The van der Waals surface area contributed by atoms with Gasteiger partial charge in [-0.1, -0.05) is 34.6 Å². The lowest BCUT2D eigenvalue weighted by Gasteiger charge is -2.11. The number of nitrogens with zero attached hydrogens (tertiary/aromatic N) is 2. The van der Waals surface area contributed by atoms with Gasteiger partial charge in [0.15, 0.2) is 5.71 Å². The summed E-state index contributed by atoms with van der Waals surface area (Å²) in [7, 11) is 1.43. The van der Waals surface area contributed by atoms with Crippen molar-refractivity contribution in [3.8, 4) is 0 Å². The SMILES string of the molecule is CO/N=C(/C(=O)NC1CC1)c1ccccc1CO/N=C(\C)C1=C(C)NNS1. The summed E-state index contributed by atoms with van der Waals surface area (Å²) in [6.07, 6.45) is 2.00. The highest BCUT2D eigenvalue weighted by molar-refractivity contribution is 8.02. The molecule has 0 unspecified atom stereocenters. The summed E-state index contributed by atoms with van der Waals surface area (Å²) in [6, 6.07) is 7.68. The van der Waals surface area contributed by atoms with Gasteiger partial charge in [-0.25, -0.2) is 0 Å². The zero-order valence-corrected chi connectivity index (χ0v) is 16.4. The molecule has 1 saturated carbocycles. The van der Waals surface area contributed by atoms with Crippen LogP contribution in [0.3, 0.4) is 0 Å². The van der Waals surface area contributed by atoms with Crippen molar-refractivity contribution in [1.82, 2.24) is 15.6 Å². The number of amides is 1. The number of allylic oxidation sites excluding steroid dienone is 2. The lowest BCUT2D eigenvalue weighted by molar-refractivity contribution is -0.115. The van der Waals surface area contributed by atoms with Gasteiger partial charge in [0.05, 0.1) is 10.6 Å². The predicted molar refractivity (Wildman–Crippen MR) is 106 cm³/mol. The molecule has 0 bridgehead atoms. The molecule has 2 aliphatic rings. The molecular formula is C18H23N5O3S. The van der Waals surface area contributed by atoms with Gasteiger partial charge in [0, 0.05) is 22.9 Å². The molecule has 1 aliphatic carbocycles. The van der Waals surface area contributed by atoms with E-state index in [2.05, 4.69) is 25.9 Å². The van der Waals surface area contributed by atoms with Crippen LogP contribution in [0.2, 0.25) is 0 Å². The van der Waals surface area contributed by atoms with Crippen LogP contribution in [0.1, 0.15) is 37.8 Å². The van der Waals surface area contributed by atoms with Crippen molar-refractivity contribution in [2.24, 2.45) is 10.3 Å². The first-order valence-electron chi connectivity index (χ1n) is 8.66. The van der Waals surface area contributed by atoms with E-state index in [1.165, 1.54) is 19.1 Å². The molecule has 0 saturated heterocycles. The molecule has 144 valence electrons. The van der Waals surface area contributed by atoms with Gasteiger partial charge < -0.3 is 20.4 Å². The van der Waals surface area contributed by atoms with Crippen molar-refractivity contribution in [3.63, 3.8) is 0 Å². The van der Waals surface area contributed by atoms with Gasteiger partial charge in [0.25, 0.3) is 5.91 Å². The fourth-order valence-electron chi connectivity index (χ4n) is 2.53. The van der Waals surface area contributed by atoms with Gasteiger partial charge in [0.1, 0.15) is 13.7 Å². The van der Waals surface area contributed by atoms with E-state index < -0.39 is 0 Å². The first-order chi connectivity index (χ1) is 13.1. The summed E-state index contributed by atoms with van der Waals surface area (Å²) in [4.78, 5) is 26.9. The summed E-state index contributed by atoms with van der Waals surface area (Å²) < 4.78 is 0. The highest BCUT2D eigenvalue weighted by Crippen LogP contribution is 2.22. The van der Waals surface area contributed by atoms with E-state index in [1.807, 2.05) is 38.1 Å². The Balaban J connectivity index is 1.73. The van der Waals surface area contributed by atoms with E-state index in [4.69, 9.17) is 9.68 Å². The minimum absolute atomic E-state index is 0.213. The molecule has 0 radical (unpaired) electrons. The molecule has 3 N–H and O–H groups in total. The monoisotopic (exact) mass is 389 g/mol. The molecule has 0 spiro atoms. The van der Waals surface area contributed by atoms with Crippen molar-refractivity contribution in [2.45, 2.75) is 39.3 Å². The number of hydrogen-bond acceptors (Lipinski definition) is 8. The Morgan fingerprint density at radius 3 is 2.78 bits per heavy atom. The molecule has 1 fully saturated rings. The molecule has 1 aromatic rings. The van der Waals surface area contributed by atoms with Gasteiger partial charge in [0.2, 0.25) is 0 Å². The largest absolute Gasteiger partial charge is 0.398 e. The molecule has 0 aromatic heterocycles. The first-order valence-corrected chi connectivity index (χ1v) is 9.47. The van der Waals surface area contributed by atoms with Crippen LogP contribution in [0, 0.1) is 0 Å². The highest BCUT2D eigenvalue weighted by atomic mass is 32.2. The second-order valence-corrected chi connectivity index (χ2v) is 7.08. The number of rotatable bonds is 8. The Bertz CT molecular complexity index is 802. The average Bonchev–Trinajstić information content (AvgIpc) is 3.37. The second-order valence-electron chi connectivity index (χ2n) is 6.26. The number of nitrogens with one attached hydrogen (secondary N) is 3. The Morgan fingerprint density at radius 1 is 1.33 bits per heavy atom. The van der Waals surface area contributed by atoms with Crippen LogP contribution in [0.5, 0.6) is 0 Å². The van der Waals surface area contributed by atoms with E-state index in [0.717, 1.165) is 34.7 Å². The Hall–Kier alpha value is -2.52. The third kappa shape index (κ3) is 5.01. The normalized spacial score (nSPS) is 17.6. The van der Waals surface area contributed by atoms with Crippen LogP contribution in [0.4, 0.5) is 0 Å². The smallest absolute Gasteiger partial charge is 0.274 e. The number of hydrogen-bond donors (Lipinski definition) is 3. The summed E-state index contributed by atoms with van der Waals surface area (Å²) in [6.45, 7) is 4.06. The van der Waals surface area contributed by atoms with Gasteiger partial charge in [-0.2, -0.15) is 4.83 Å². The molecule has 1 aliphatic heterocycles. The van der Waals surface area contributed by atoms with Crippen LogP contribution in [0.25, 0.3) is 0 Å². The van der Waals surface area contributed by atoms with E-state index in [0.29, 0.717) is 5.56 Å². The Kier molecular flexibility index (Phi) is 6.36. The van der Waals surface area contributed by atoms with Crippen molar-refractivity contribution in [1.29, 1.82) is 0 Å². The molecule has 1 amide bonds. The Morgan fingerprint density at radius 2 is 2.11 bits per heavy atom. The predicted octanol–water partition coefficient (Wildman–Crippen LogP) is 2.20. The van der Waals surface area contributed by atoms with Gasteiger partial charge in [-0.3, -0.25) is 4.79 Å². The maximum atomic E-state index is 12.5. The fourth-order valence-corrected chi connectivity index (χ4v) is 3.23. The molecule has 1 heterocycles. The molecule has 1 aromatic carbocycles. The van der Waals surface area contributed by atoms with Crippen LogP contribution in [-0.2, 0) is 21.1 Å². The van der Waals surface area contributed by atoms with Gasteiger partial charge >= 0.3 is 0 Å². The zero-order valence-electron chi connectivity index (χ0n) is 15.5. The highest BCUT2D eigenvalue weighted by Gasteiger charge is 2.27. The first kappa shape index (κ1) is 19.2. The van der Waals surface area contributed by atoms with Crippen molar-refractivity contribution in [2.75, 3.05) is 7.11 Å². The standard InChI is InChI=1S/C18H23N5O3S/c1-11-17(27-23-20-11)12(2)21-26-10-13-6-4-5-7-15(13)16(22-25-3)18(24)19-14-8-9-14/h4-7,14,20,23H,8-10H2,1-3H3,(H,19,24)/b21-12+,22-16+. The minimum atomic E-state index is -0.244. The molecular weight excluding hydrogens is 366 g/mol. The molecule has 8 nitrogen and oxygen atoms in total. The third-order valence-corrected chi connectivity index (χ3v) is 5.07. The molecule has 3 rings (SSSR count). The van der Waals surface area contributed by atoms with Gasteiger partial charge in [-0.05, 0) is 38.6 Å². The van der Waals surface area contributed by atoms with E-state index in [1.54, 1.807) is 0 Å². The van der Waals surface area contributed by atoms with Crippen molar-refractivity contribution >= 4 is 29.3 Å². The maximum absolute atomic E-state index is 12.5. The topological polar surface area (TPSA) is 96.3 Å². The summed E-state index contributed by atoms with van der Waals surface area (Å²) >= 11 is 1.45. The number of hydrazine groups is 1. The van der Waals surface area contributed by atoms with Crippen LogP contribution in [-0.4, -0.2) is 30.5 Å². The van der Waals surface area contributed by atoms with Crippen molar-refractivity contribution in [3.05, 3.63) is 46.0 Å². The van der Waals surface area contributed by atoms with Crippen LogP contribution >= 0.6 is 11.9 Å². The lowest BCUT2D eigenvalue weighted by atomic mass is 10.0. The second kappa shape index (κ2) is 8.92. The number of benzene rings is 1. The molecule has 9 heteroatoms. The lowest BCUT2D eigenvalue weighted by Crippen LogP contribution is -2.34.